The summed E-state index contributed by atoms with van der Waals surface area (Å²) >= 11 is 6.11. The van der Waals surface area contributed by atoms with Crippen molar-refractivity contribution < 1.29 is 4.74 Å². The molecule has 0 aliphatic carbocycles. The van der Waals surface area contributed by atoms with E-state index in [2.05, 4.69) is 32.7 Å². The first-order valence-electron chi connectivity index (χ1n) is 6.68. The third-order valence-electron chi connectivity index (χ3n) is 3.76. The molecule has 1 aliphatic rings. The number of rotatable bonds is 5. The molecule has 0 saturated carbocycles. The number of nitrogens with zero attached hydrogens (tertiary/aromatic N) is 1. The van der Waals surface area contributed by atoms with Gasteiger partial charge < -0.3 is 4.74 Å². The molecule has 3 heteroatoms. The summed E-state index contributed by atoms with van der Waals surface area (Å²) in [6.07, 6.45) is 4.96. The molecule has 1 atom stereocenters. The minimum absolute atomic E-state index is 0.119. The van der Waals surface area contributed by atoms with Crippen molar-refractivity contribution in [2.24, 2.45) is 4.99 Å². The highest BCUT2D eigenvalue weighted by atomic mass is 35.5. The molecule has 1 heterocycles. The Balaban J connectivity index is 2.86. The zero-order chi connectivity index (χ0) is 13.8. The Morgan fingerprint density at radius 2 is 2.17 bits per heavy atom. The fraction of sp³-hybridized carbons (Fsp3) is 0.667. The second kappa shape index (κ2) is 6.53. The van der Waals surface area contributed by atoms with Crippen molar-refractivity contribution >= 4 is 17.8 Å². The summed E-state index contributed by atoms with van der Waals surface area (Å²) in [4.78, 5) is 4.34. The Morgan fingerprint density at radius 3 is 2.72 bits per heavy atom. The lowest BCUT2D eigenvalue weighted by molar-refractivity contribution is 0.0260. The number of halogens is 1. The summed E-state index contributed by atoms with van der Waals surface area (Å²) in [5.41, 5.74) is 3.44. The Morgan fingerprint density at radius 1 is 1.50 bits per heavy atom. The van der Waals surface area contributed by atoms with Gasteiger partial charge >= 0.3 is 0 Å². The van der Waals surface area contributed by atoms with E-state index < -0.39 is 0 Å². The van der Waals surface area contributed by atoms with Gasteiger partial charge in [0.15, 0.2) is 0 Å². The lowest BCUT2D eigenvalue weighted by atomic mass is 9.91. The van der Waals surface area contributed by atoms with Crippen LogP contribution in [0.15, 0.2) is 26.9 Å². The van der Waals surface area contributed by atoms with Crippen LogP contribution in [0, 0.1) is 0 Å². The number of hydrogen-bond acceptors (Lipinski definition) is 2. The maximum absolute atomic E-state index is 6.11. The lowest BCUT2D eigenvalue weighted by Gasteiger charge is -2.24. The van der Waals surface area contributed by atoms with Crippen molar-refractivity contribution in [3.05, 3.63) is 21.9 Å². The minimum atomic E-state index is -0.119. The van der Waals surface area contributed by atoms with Crippen molar-refractivity contribution in [2.75, 3.05) is 6.61 Å². The van der Waals surface area contributed by atoms with Gasteiger partial charge in [0.05, 0.1) is 12.2 Å². The maximum atomic E-state index is 6.11. The predicted octanol–water partition coefficient (Wildman–Crippen LogP) is 4.84. The fourth-order valence-electron chi connectivity index (χ4n) is 2.05. The summed E-state index contributed by atoms with van der Waals surface area (Å²) in [5, 5.41) is 0.599. The molecule has 0 aromatic carbocycles. The third kappa shape index (κ3) is 3.46. The molecule has 0 aromatic heterocycles. The van der Waals surface area contributed by atoms with Crippen LogP contribution in [0.4, 0.5) is 0 Å². The largest absolute Gasteiger partial charge is 0.366 e. The average Bonchev–Trinajstić information content (AvgIpc) is 2.63. The van der Waals surface area contributed by atoms with E-state index in [1.807, 2.05) is 13.1 Å². The summed E-state index contributed by atoms with van der Waals surface area (Å²) in [6, 6.07) is 0. The second-order valence-electron chi connectivity index (χ2n) is 5.10. The van der Waals surface area contributed by atoms with Gasteiger partial charge in [-0.25, -0.2) is 4.99 Å². The highest BCUT2D eigenvalue weighted by Gasteiger charge is 2.33. The molecule has 0 N–H and O–H groups in total. The van der Waals surface area contributed by atoms with E-state index in [9.17, 15) is 0 Å². The molecule has 1 unspecified atom stereocenters. The van der Waals surface area contributed by atoms with Gasteiger partial charge in [-0.3, -0.25) is 0 Å². The summed E-state index contributed by atoms with van der Waals surface area (Å²) in [6.45, 7) is 11.2. The van der Waals surface area contributed by atoms with E-state index in [0.29, 0.717) is 11.8 Å². The lowest BCUT2D eigenvalue weighted by Crippen LogP contribution is -2.25. The third-order valence-corrected chi connectivity index (χ3v) is 4.18. The molecule has 0 bridgehead atoms. The van der Waals surface area contributed by atoms with E-state index in [-0.39, 0.29) is 5.60 Å². The summed E-state index contributed by atoms with van der Waals surface area (Å²) in [7, 11) is 0. The van der Waals surface area contributed by atoms with E-state index in [1.54, 1.807) is 0 Å². The van der Waals surface area contributed by atoms with Crippen LogP contribution < -0.4 is 0 Å². The van der Waals surface area contributed by atoms with Crippen LogP contribution in [0.5, 0.6) is 0 Å². The van der Waals surface area contributed by atoms with Gasteiger partial charge in [-0.15, -0.1) is 0 Å². The summed E-state index contributed by atoms with van der Waals surface area (Å²) in [5.74, 6) is 0. The SMILES string of the molecule is CCCC1(C)OCC(/C=N\C(Cl)=C(/C)CC)=C1C. The van der Waals surface area contributed by atoms with Crippen LogP contribution in [0.2, 0.25) is 0 Å². The van der Waals surface area contributed by atoms with Crippen molar-refractivity contribution in [3.63, 3.8) is 0 Å². The van der Waals surface area contributed by atoms with Crippen LogP contribution in [-0.4, -0.2) is 18.4 Å². The highest BCUT2D eigenvalue weighted by Crippen LogP contribution is 2.34. The molecule has 0 radical (unpaired) electrons. The molecule has 0 aromatic rings. The van der Waals surface area contributed by atoms with E-state index in [0.717, 1.165) is 30.4 Å². The van der Waals surface area contributed by atoms with Crippen LogP contribution in [0.3, 0.4) is 0 Å². The minimum Gasteiger partial charge on any atom is -0.366 e. The van der Waals surface area contributed by atoms with Gasteiger partial charge in [0.1, 0.15) is 5.16 Å². The van der Waals surface area contributed by atoms with Gasteiger partial charge in [0, 0.05) is 6.21 Å². The van der Waals surface area contributed by atoms with Gasteiger partial charge in [-0.1, -0.05) is 31.9 Å². The zero-order valence-electron chi connectivity index (χ0n) is 12.1. The first kappa shape index (κ1) is 15.5. The molecule has 0 fully saturated rings. The van der Waals surface area contributed by atoms with Crippen molar-refractivity contribution in [1.29, 1.82) is 0 Å². The van der Waals surface area contributed by atoms with E-state index >= 15 is 0 Å². The molecule has 0 spiro atoms. The normalized spacial score (nSPS) is 26.1. The van der Waals surface area contributed by atoms with E-state index in [4.69, 9.17) is 16.3 Å². The highest BCUT2D eigenvalue weighted by molar-refractivity contribution is 6.30. The van der Waals surface area contributed by atoms with Gasteiger partial charge in [-0.2, -0.15) is 0 Å². The zero-order valence-corrected chi connectivity index (χ0v) is 12.9. The Hall–Kier alpha value is -0.600. The fourth-order valence-corrected chi connectivity index (χ4v) is 2.24. The van der Waals surface area contributed by atoms with Gasteiger partial charge in [-0.05, 0) is 50.3 Å². The van der Waals surface area contributed by atoms with Gasteiger partial charge in [0.25, 0.3) is 0 Å². The number of ether oxygens (including phenoxy) is 1. The topological polar surface area (TPSA) is 21.6 Å². The standard InChI is InChI=1S/C15H24ClNO/c1-6-8-15(5)12(4)13(10-18-15)9-17-14(16)11(3)7-2/h9H,6-8,10H2,1-5H3/b14-11+,17-9-. The average molecular weight is 270 g/mol. The van der Waals surface area contributed by atoms with Crippen molar-refractivity contribution in [3.8, 4) is 0 Å². The number of allylic oxidation sites excluding steroid dienone is 1. The van der Waals surface area contributed by atoms with Crippen LogP contribution in [0.25, 0.3) is 0 Å². The molecule has 0 amide bonds. The number of aliphatic imine (C=N–C) groups is 1. The van der Waals surface area contributed by atoms with Crippen LogP contribution >= 0.6 is 11.6 Å². The Bertz CT molecular complexity index is 395. The second-order valence-corrected chi connectivity index (χ2v) is 5.46. The Labute approximate surface area is 116 Å². The number of hydrogen-bond donors (Lipinski definition) is 0. The maximum Gasteiger partial charge on any atom is 0.127 e. The summed E-state index contributed by atoms with van der Waals surface area (Å²) < 4.78 is 5.90. The van der Waals surface area contributed by atoms with Crippen molar-refractivity contribution in [2.45, 2.75) is 59.5 Å². The molecule has 2 nitrogen and oxygen atoms in total. The van der Waals surface area contributed by atoms with Crippen LogP contribution in [0.1, 0.15) is 53.9 Å². The van der Waals surface area contributed by atoms with Crippen molar-refractivity contribution in [1.82, 2.24) is 0 Å². The molecular formula is C15H24ClNO. The smallest absolute Gasteiger partial charge is 0.127 e. The monoisotopic (exact) mass is 269 g/mol. The molecular weight excluding hydrogens is 246 g/mol. The molecule has 18 heavy (non-hydrogen) atoms. The predicted molar refractivity (Wildman–Crippen MR) is 79.3 cm³/mol. The molecule has 1 rings (SSSR count). The van der Waals surface area contributed by atoms with Crippen LogP contribution in [-0.2, 0) is 4.74 Å². The molecule has 102 valence electrons. The Kier molecular flexibility index (Phi) is 5.61. The quantitative estimate of drug-likeness (QED) is 0.517. The first-order chi connectivity index (χ1) is 8.44. The molecule has 0 saturated heterocycles. The van der Waals surface area contributed by atoms with E-state index in [1.165, 1.54) is 5.57 Å². The molecule has 1 aliphatic heterocycles. The first-order valence-corrected chi connectivity index (χ1v) is 7.06. The van der Waals surface area contributed by atoms with Gasteiger partial charge in [0.2, 0.25) is 0 Å².